The first-order valence-electron chi connectivity index (χ1n) is 9.73. The average Bonchev–Trinajstić information content (AvgIpc) is 2.67. The standard InChI is InChI=1S/C9H20N2O.C6H8O4.C3H8.C2H6/c1-9(12)11-8-6-4-3-5-7-10-2;1-2-6(8)10-4-3-9-5-7;1-3-2;1-2/h10H,3-8H2,1-2H3,(H,11,12);2,5H,1,3-4H2;3H2,1-2H3;1-2H3. The molecule has 0 atom stereocenters. The van der Waals surface area contributed by atoms with E-state index in [0.717, 1.165) is 25.6 Å². The maximum atomic E-state index is 10.5. The quantitative estimate of drug-likeness (QED) is 0.230. The van der Waals surface area contributed by atoms with Crippen LogP contribution < -0.4 is 10.6 Å². The van der Waals surface area contributed by atoms with Gasteiger partial charge in [-0.25, -0.2) is 4.79 Å². The van der Waals surface area contributed by atoms with Gasteiger partial charge in [0.1, 0.15) is 13.2 Å². The van der Waals surface area contributed by atoms with Crippen molar-refractivity contribution in [2.24, 2.45) is 0 Å². The minimum Gasteiger partial charge on any atom is -0.464 e. The number of amides is 1. The molecule has 27 heavy (non-hydrogen) atoms. The fraction of sp³-hybridized carbons (Fsp3) is 0.750. The van der Waals surface area contributed by atoms with Crippen molar-refractivity contribution >= 4 is 18.3 Å². The van der Waals surface area contributed by atoms with Crippen LogP contribution >= 0.6 is 0 Å². The Hall–Kier alpha value is -1.89. The first kappa shape index (κ1) is 32.8. The molecule has 0 aromatic heterocycles. The van der Waals surface area contributed by atoms with Crippen LogP contribution in [0.15, 0.2) is 12.7 Å². The molecule has 2 N–H and O–H groups in total. The van der Waals surface area contributed by atoms with Gasteiger partial charge in [-0.1, -0.05) is 53.5 Å². The van der Waals surface area contributed by atoms with Crippen LogP contribution in [0.1, 0.15) is 66.7 Å². The van der Waals surface area contributed by atoms with Crippen LogP contribution in [0.2, 0.25) is 0 Å². The Kier molecular flexibility index (Phi) is 42.8. The number of esters is 1. The van der Waals surface area contributed by atoms with Crippen molar-refractivity contribution in [2.45, 2.75) is 66.7 Å². The molecule has 0 aromatic rings. The molecule has 0 saturated carbocycles. The Balaban J connectivity index is -0.000000159. The van der Waals surface area contributed by atoms with Crippen LogP contribution in [-0.2, 0) is 23.9 Å². The highest BCUT2D eigenvalue weighted by atomic mass is 16.6. The van der Waals surface area contributed by atoms with E-state index < -0.39 is 5.97 Å². The first-order valence-corrected chi connectivity index (χ1v) is 9.73. The summed E-state index contributed by atoms with van der Waals surface area (Å²) in [6.07, 6.45) is 7.09. The lowest BCUT2D eigenvalue weighted by molar-refractivity contribution is -0.142. The minimum absolute atomic E-state index is 0.0730. The Bertz CT molecular complexity index is 323. The molecule has 0 rings (SSSR count). The fourth-order valence-corrected chi connectivity index (χ4v) is 1.34. The van der Waals surface area contributed by atoms with Gasteiger partial charge in [0.05, 0.1) is 0 Å². The molecule has 0 heterocycles. The third-order valence-electron chi connectivity index (χ3n) is 2.41. The Morgan fingerprint density at radius 2 is 1.52 bits per heavy atom. The van der Waals surface area contributed by atoms with Crippen molar-refractivity contribution in [3.05, 3.63) is 12.7 Å². The zero-order chi connectivity index (χ0) is 21.8. The lowest BCUT2D eigenvalue weighted by Gasteiger charge is -2.01. The average molecular weight is 391 g/mol. The molecule has 0 aliphatic carbocycles. The van der Waals surface area contributed by atoms with E-state index in [1.165, 1.54) is 25.7 Å². The normalized spacial score (nSPS) is 8.22. The molecule has 0 aliphatic heterocycles. The molecule has 1 amide bonds. The highest BCUT2D eigenvalue weighted by Gasteiger charge is 1.93. The molecular formula is C20H42N2O5. The second kappa shape index (κ2) is 35.3. The van der Waals surface area contributed by atoms with Crippen LogP contribution in [0.4, 0.5) is 0 Å². The van der Waals surface area contributed by atoms with Gasteiger partial charge in [-0.3, -0.25) is 9.59 Å². The van der Waals surface area contributed by atoms with Gasteiger partial charge in [0.15, 0.2) is 0 Å². The molecule has 0 saturated heterocycles. The molecule has 7 heteroatoms. The summed E-state index contributed by atoms with van der Waals surface area (Å²) in [5.74, 6) is -0.445. The van der Waals surface area contributed by atoms with Crippen molar-refractivity contribution in [3.63, 3.8) is 0 Å². The molecule has 0 aliphatic rings. The van der Waals surface area contributed by atoms with E-state index in [-0.39, 0.29) is 19.1 Å². The van der Waals surface area contributed by atoms with Gasteiger partial charge in [-0.2, -0.15) is 0 Å². The minimum atomic E-state index is -0.519. The zero-order valence-corrected chi connectivity index (χ0v) is 18.3. The van der Waals surface area contributed by atoms with Gasteiger partial charge in [-0.15, -0.1) is 0 Å². The SMILES string of the molecule is C=CC(=O)OCCOC=O.CC.CCC.CNCCCCCCNC(C)=O. The van der Waals surface area contributed by atoms with Crippen molar-refractivity contribution in [3.8, 4) is 0 Å². The summed E-state index contributed by atoms with van der Waals surface area (Å²) in [5, 5.41) is 5.89. The molecule has 0 fully saturated rings. The number of hydrogen-bond acceptors (Lipinski definition) is 6. The third-order valence-corrected chi connectivity index (χ3v) is 2.41. The van der Waals surface area contributed by atoms with Crippen LogP contribution in [-0.4, -0.2) is 51.7 Å². The fourth-order valence-electron chi connectivity index (χ4n) is 1.34. The molecule has 0 radical (unpaired) electrons. The lowest BCUT2D eigenvalue weighted by Crippen LogP contribution is -2.20. The Morgan fingerprint density at radius 3 is 1.93 bits per heavy atom. The smallest absolute Gasteiger partial charge is 0.330 e. The van der Waals surface area contributed by atoms with Gasteiger partial charge in [-0.05, 0) is 26.4 Å². The largest absolute Gasteiger partial charge is 0.464 e. The highest BCUT2D eigenvalue weighted by Crippen LogP contribution is 1.97. The van der Waals surface area contributed by atoms with Crippen molar-refractivity contribution < 1.29 is 23.9 Å². The maximum absolute atomic E-state index is 10.5. The van der Waals surface area contributed by atoms with E-state index in [9.17, 15) is 14.4 Å². The van der Waals surface area contributed by atoms with Gasteiger partial charge < -0.3 is 20.1 Å². The number of carbonyl (C=O) groups excluding carboxylic acids is 3. The van der Waals surface area contributed by atoms with E-state index in [0.29, 0.717) is 6.47 Å². The monoisotopic (exact) mass is 390 g/mol. The van der Waals surface area contributed by atoms with Crippen LogP contribution in [0, 0.1) is 0 Å². The number of nitrogens with one attached hydrogen (secondary N) is 2. The van der Waals surface area contributed by atoms with E-state index in [1.807, 2.05) is 20.9 Å². The molecular weight excluding hydrogens is 348 g/mol. The summed E-state index contributed by atoms with van der Waals surface area (Å²) < 4.78 is 8.69. The zero-order valence-electron chi connectivity index (χ0n) is 18.3. The van der Waals surface area contributed by atoms with Crippen molar-refractivity contribution in [1.82, 2.24) is 10.6 Å². The molecule has 0 unspecified atom stereocenters. The summed E-state index contributed by atoms with van der Waals surface area (Å²) >= 11 is 0. The second-order valence-corrected chi connectivity index (χ2v) is 5.05. The van der Waals surface area contributed by atoms with Gasteiger partial charge in [0.2, 0.25) is 5.91 Å². The third kappa shape index (κ3) is 51.6. The summed E-state index contributed by atoms with van der Waals surface area (Å²) in [6.45, 7) is 15.4. The van der Waals surface area contributed by atoms with Crippen LogP contribution in [0.25, 0.3) is 0 Å². The first-order chi connectivity index (χ1) is 13.0. The highest BCUT2D eigenvalue weighted by molar-refractivity contribution is 5.81. The van der Waals surface area contributed by atoms with E-state index >= 15 is 0 Å². The molecule has 7 nitrogen and oxygen atoms in total. The van der Waals surface area contributed by atoms with Crippen LogP contribution in [0.3, 0.4) is 0 Å². The van der Waals surface area contributed by atoms with Gasteiger partial charge in [0.25, 0.3) is 6.47 Å². The molecule has 0 bridgehead atoms. The topological polar surface area (TPSA) is 93.7 Å². The Morgan fingerprint density at radius 1 is 1.00 bits per heavy atom. The number of rotatable bonds is 12. The summed E-state index contributed by atoms with van der Waals surface area (Å²) in [5.41, 5.74) is 0. The second-order valence-electron chi connectivity index (χ2n) is 5.05. The van der Waals surface area contributed by atoms with Crippen LogP contribution in [0.5, 0.6) is 0 Å². The molecule has 0 spiro atoms. The van der Waals surface area contributed by atoms with Crippen molar-refractivity contribution in [1.29, 1.82) is 0 Å². The Labute approximate surface area is 166 Å². The number of ether oxygens (including phenoxy) is 2. The summed E-state index contributed by atoms with van der Waals surface area (Å²) in [6, 6.07) is 0. The molecule has 162 valence electrons. The van der Waals surface area contributed by atoms with E-state index in [1.54, 1.807) is 6.92 Å². The predicted octanol–water partition coefficient (Wildman–Crippen LogP) is 3.23. The predicted molar refractivity (Wildman–Crippen MR) is 112 cm³/mol. The van der Waals surface area contributed by atoms with Crippen molar-refractivity contribution in [2.75, 3.05) is 33.4 Å². The number of unbranched alkanes of at least 4 members (excludes halogenated alkanes) is 3. The maximum Gasteiger partial charge on any atom is 0.330 e. The summed E-state index contributed by atoms with van der Waals surface area (Å²) in [4.78, 5) is 30.3. The lowest BCUT2D eigenvalue weighted by atomic mass is 10.2. The number of carbonyl (C=O) groups is 3. The van der Waals surface area contributed by atoms with E-state index in [4.69, 9.17) is 0 Å². The van der Waals surface area contributed by atoms with E-state index in [2.05, 4.69) is 40.5 Å². The summed E-state index contributed by atoms with van der Waals surface area (Å²) in [7, 11) is 1.97. The molecule has 0 aromatic carbocycles. The van der Waals surface area contributed by atoms with Gasteiger partial charge in [0, 0.05) is 19.5 Å². The number of hydrogen-bond donors (Lipinski definition) is 2. The van der Waals surface area contributed by atoms with Gasteiger partial charge >= 0.3 is 5.97 Å².